The molecule has 1 aliphatic heterocycles. The summed E-state index contributed by atoms with van der Waals surface area (Å²) < 4.78 is 25.4. The van der Waals surface area contributed by atoms with Crippen molar-refractivity contribution in [2.75, 3.05) is 39.2 Å². The van der Waals surface area contributed by atoms with E-state index in [1.54, 1.807) is 7.11 Å². The monoisotopic (exact) mass is 807 g/mol. The van der Waals surface area contributed by atoms with Crippen LogP contribution in [0.4, 0.5) is 5.69 Å². The number of carboxylic acids is 1. The Morgan fingerprint density at radius 2 is 1.90 bits per heavy atom. The summed E-state index contributed by atoms with van der Waals surface area (Å²) in [5.41, 5.74) is 5.64. The summed E-state index contributed by atoms with van der Waals surface area (Å²) >= 11 is 6.34. The van der Waals surface area contributed by atoms with Crippen molar-refractivity contribution in [3.63, 3.8) is 0 Å². The van der Waals surface area contributed by atoms with E-state index in [9.17, 15) is 9.90 Å². The number of aliphatic carboxylic acids is 1. The van der Waals surface area contributed by atoms with Crippen LogP contribution >= 0.6 is 11.6 Å². The largest absolute Gasteiger partial charge is 0.497 e. The highest BCUT2D eigenvalue weighted by Gasteiger charge is 2.54. The van der Waals surface area contributed by atoms with Gasteiger partial charge >= 0.3 is 5.97 Å². The van der Waals surface area contributed by atoms with E-state index in [0.29, 0.717) is 42.9 Å². The lowest BCUT2D eigenvalue weighted by atomic mass is 9.59. The number of pyridine rings is 1. The number of rotatable bonds is 13. The van der Waals surface area contributed by atoms with Crippen molar-refractivity contribution < 1.29 is 28.8 Å². The Balaban J connectivity index is 1.04. The Labute approximate surface area is 348 Å². The first-order valence-corrected chi connectivity index (χ1v) is 21.6. The van der Waals surface area contributed by atoms with E-state index < -0.39 is 11.5 Å². The van der Waals surface area contributed by atoms with Crippen LogP contribution in [0.1, 0.15) is 99.1 Å². The van der Waals surface area contributed by atoms with Crippen LogP contribution in [-0.4, -0.2) is 66.5 Å². The fraction of sp³-hybridized carbons (Fsp3) is 0.500. The lowest BCUT2D eigenvalue weighted by Gasteiger charge is -2.47. The number of ether oxygens (including phenoxy) is 4. The molecule has 9 nitrogen and oxygen atoms in total. The number of carboxylic acid groups (broad SMARTS) is 1. The van der Waals surface area contributed by atoms with E-state index in [2.05, 4.69) is 55.4 Å². The van der Waals surface area contributed by atoms with Gasteiger partial charge in [-0.05, 0) is 153 Å². The Morgan fingerprint density at radius 3 is 2.69 bits per heavy atom. The maximum atomic E-state index is 13.2. The molecule has 0 bridgehead atoms. The molecule has 2 heterocycles. The number of carbonyl (C=O) groups is 1. The number of hydrogen-bond donors (Lipinski definition) is 2. The average Bonchev–Trinajstić information content (AvgIpc) is 3.33. The van der Waals surface area contributed by atoms with Gasteiger partial charge in [0, 0.05) is 47.7 Å². The second-order valence-electron chi connectivity index (χ2n) is 17.6. The Morgan fingerprint density at radius 1 is 1.07 bits per heavy atom. The SMILES string of the molecule is COc1cccc(CN(C)CC2CCOc3cc4c(cc3O2)C2(CCC(Nc3cccc(Cl)c3)(C(=O)O)CC2)C(C[C@@H](C)COc2ccnc3c2[C@H](C)CCC3)C4)c1. The molecular weight excluding hydrogens is 750 g/mol. The molecule has 308 valence electrons. The zero-order chi connectivity index (χ0) is 40.4. The van der Waals surface area contributed by atoms with Crippen LogP contribution in [0.25, 0.3) is 0 Å². The predicted molar refractivity (Wildman–Crippen MR) is 228 cm³/mol. The minimum Gasteiger partial charge on any atom is -0.497 e. The number of aryl methyl sites for hydroxylation is 1. The third kappa shape index (κ3) is 8.35. The highest BCUT2D eigenvalue weighted by molar-refractivity contribution is 6.30. The molecule has 1 saturated carbocycles. The van der Waals surface area contributed by atoms with Crippen molar-refractivity contribution in [3.05, 3.63) is 106 Å². The van der Waals surface area contributed by atoms with E-state index in [1.165, 1.54) is 34.4 Å². The number of halogens is 1. The first-order valence-electron chi connectivity index (χ1n) is 21.2. The molecular formula is C48H58ClN3O6. The van der Waals surface area contributed by atoms with Crippen LogP contribution in [0, 0.1) is 11.8 Å². The zero-order valence-electron chi connectivity index (χ0n) is 34.4. The summed E-state index contributed by atoms with van der Waals surface area (Å²) in [5.74, 6) is 3.63. The number of fused-ring (bicyclic) bond motifs is 4. The van der Waals surface area contributed by atoms with Gasteiger partial charge in [-0.15, -0.1) is 0 Å². The number of hydrogen-bond acceptors (Lipinski definition) is 8. The van der Waals surface area contributed by atoms with Gasteiger partial charge in [0.05, 0.1) is 20.3 Å². The maximum absolute atomic E-state index is 13.2. The minimum atomic E-state index is -1.10. The van der Waals surface area contributed by atoms with E-state index in [-0.39, 0.29) is 17.4 Å². The van der Waals surface area contributed by atoms with Gasteiger partial charge in [0.2, 0.25) is 0 Å². The van der Waals surface area contributed by atoms with Crippen molar-refractivity contribution in [1.29, 1.82) is 0 Å². The van der Waals surface area contributed by atoms with Crippen LogP contribution in [-0.2, 0) is 29.6 Å². The first-order chi connectivity index (χ1) is 28.0. The molecule has 4 atom stereocenters. The predicted octanol–water partition coefficient (Wildman–Crippen LogP) is 9.87. The number of methoxy groups -OCH3 is 1. The first kappa shape index (κ1) is 40.3. The smallest absolute Gasteiger partial charge is 0.329 e. The molecule has 1 aromatic heterocycles. The molecule has 58 heavy (non-hydrogen) atoms. The van der Waals surface area contributed by atoms with Crippen LogP contribution in [0.3, 0.4) is 0 Å². The Kier molecular flexibility index (Phi) is 11.8. The quantitative estimate of drug-likeness (QED) is 0.137. The third-order valence-electron chi connectivity index (χ3n) is 13.4. The molecule has 3 aliphatic carbocycles. The van der Waals surface area contributed by atoms with E-state index >= 15 is 0 Å². The van der Waals surface area contributed by atoms with Crippen molar-refractivity contribution in [1.82, 2.24) is 9.88 Å². The number of likely N-dealkylation sites (N-methyl/N-ethyl adjacent to an activating group) is 1. The normalized spacial score (nSPS) is 25.4. The molecule has 4 aliphatic rings. The molecule has 2 unspecified atom stereocenters. The molecule has 1 spiro atoms. The molecule has 2 N–H and O–H groups in total. The van der Waals surface area contributed by atoms with Crippen molar-refractivity contribution in [2.24, 2.45) is 11.8 Å². The van der Waals surface area contributed by atoms with E-state index in [4.69, 9.17) is 35.5 Å². The van der Waals surface area contributed by atoms with Gasteiger partial charge in [0.1, 0.15) is 23.1 Å². The zero-order valence-corrected chi connectivity index (χ0v) is 35.2. The van der Waals surface area contributed by atoms with Crippen LogP contribution in [0.2, 0.25) is 5.02 Å². The van der Waals surface area contributed by atoms with Crippen molar-refractivity contribution in [2.45, 2.75) is 108 Å². The van der Waals surface area contributed by atoms with Gasteiger partial charge in [-0.3, -0.25) is 9.88 Å². The van der Waals surface area contributed by atoms with Crippen LogP contribution in [0.5, 0.6) is 23.0 Å². The summed E-state index contributed by atoms with van der Waals surface area (Å²) in [6, 6.07) is 22.1. The van der Waals surface area contributed by atoms with Crippen molar-refractivity contribution >= 4 is 23.3 Å². The van der Waals surface area contributed by atoms with Crippen LogP contribution in [0.15, 0.2) is 72.9 Å². The number of anilines is 1. The average molecular weight is 808 g/mol. The molecule has 0 saturated heterocycles. The standard InChI is InChI=1S/C48H58ClN3O6/c1-31(30-57-42-14-20-50-41-13-5-8-32(2)45(41)42)22-35-24-34-25-43-44(58-39(15-21-56-43)29-52(3)28-33-9-6-12-38(23-33)55-4)27-40(34)47(35)16-18-48(19-17-47,46(53)54)51-37-11-7-10-36(49)26-37/h6-7,9-12,14,20,23,25-27,31-32,35,39,51H,5,8,13,15-19,21-22,24,28-30H2,1-4H3,(H,53,54)/t31-,32-,35?,39?,47?,48?/m1/s1. The summed E-state index contributed by atoms with van der Waals surface area (Å²) in [7, 11) is 3.82. The molecule has 8 rings (SSSR count). The molecule has 3 aromatic carbocycles. The fourth-order valence-electron chi connectivity index (χ4n) is 10.5. The van der Waals surface area contributed by atoms with Crippen molar-refractivity contribution in [3.8, 4) is 23.0 Å². The molecule has 0 amide bonds. The second-order valence-corrected chi connectivity index (χ2v) is 18.0. The number of nitrogens with one attached hydrogen (secondary N) is 1. The van der Waals surface area contributed by atoms with Gasteiger partial charge in [-0.2, -0.15) is 0 Å². The highest BCUT2D eigenvalue weighted by Crippen LogP contribution is 2.58. The lowest BCUT2D eigenvalue weighted by molar-refractivity contribution is -0.144. The summed E-state index contributed by atoms with van der Waals surface area (Å²) in [4.78, 5) is 20.1. The van der Waals surface area contributed by atoms with Gasteiger partial charge < -0.3 is 29.4 Å². The van der Waals surface area contributed by atoms with Gasteiger partial charge in [-0.1, -0.05) is 43.6 Å². The molecule has 0 radical (unpaired) electrons. The summed E-state index contributed by atoms with van der Waals surface area (Å²) in [6.45, 7) is 7.31. The second kappa shape index (κ2) is 17.0. The Hall–Kier alpha value is -4.47. The molecule has 1 fully saturated rings. The minimum absolute atomic E-state index is 0.0465. The third-order valence-corrected chi connectivity index (χ3v) is 13.7. The fourth-order valence-corrected chi connectivity index (χ4v) is 10.7. The van der Waals surface area contributed by atoms with Gasteiger partial charge in [-0.25, -0.2) is 4.79 Å². The molecule has 4 aromatic rings. The molecule has 10 heteroatoms. The summed E-state index contributed by atoms with van der Waals surface area (Å²) in [5, 5.41) is 14.8. The number of aromatic nitrogens is 1. The van der Waals surface area contributed by atoms with Crippen LogP contribution < -0.4 is 24.3 Å². The number of benzene rings is 3. The summed E-state index contributed by atoms with van der Waals surface area (Å²) in [6.07, 6.45) is 10.3. The lowest BCUT2D eigenvalue weighted by Crippen LogP contribution is -2.53. The highest BCUT2D eigenvalue weighted by atomic mass is 35.5. The van der Waals surface area contributed by atoms with E-state index in [1.807, 2.05) is 48.7 Å². The van der Waals surface area contributed by atoms with Gasteiger partial charge in [0.25, 0.3) is 0 Å². The number of nitrogens with zero attached hydrogens (tertiary/aromatic N) is 2. The topological polar surface area (TPSA) is 102 Å². The maximum Gasteiger partial charge on any atom is 0.329 e. The van der Waals surface area contributed by atoms with Gasteiger partial charge in [0.15, 0.2) is 11.5 Å². The Bertz CT molecular complexity index is 2100. The van der Waals surface area contributed by atoms with E-state index in [0.717, 1.165) is 86.7 Å².